The lowest BCUT2D eigenvalue weighted by Gasteiger charge is -2.12. The molecular formula is C19H21N3O4. The van der Waals surface area contributed by atoms with Crippen molar-refractivity contribution in [1.82, 2.24) is 5.32 Å². The van der Waals surface area contributed by atoms with Gasteiger partial charge >= 0.3 is 5.97 Å². The second-order valence-corrected chi connectivity index (χ2v) is 5.60. The van der Waals surface area contributed by atoms with Crippen LogP contribution in [0.4, 0.5) is 11.4 Å². The molecule has 0 fully saturated rings. The number of esters is 1. The van der Waals surface area contributed by atoms with E-state index in [1.54, 1.807) is 36.4 Å². The van der Waals surface area contributed by atoms with Gasteiger partial charge in [0, 0.05) is 24.0 Å². The molecule has 2 amide bonds. The van der Waals surface area contributed by atoms with E-state index >= 15 is 0 Å². The average Bonchev–Trinajstić information content (AvgIpc) is 2.65. The summed E-state index contributed by atoms with van der Waals surface area (Å²) in [7, 11) is 2.85. The van der Waals surface area contributed by atoms with Crippen molar-refractivity contribution < 1.29 is 19.1 Å². The number of ether oxygens (including phenoxy) is 1. The van der Waals surface area contributed by atoms with Crippen molar-refractivity contribution in [3.05, 3.63) is 59.2 Å². The van der Waals surface area contributed by atoms with Gasteiger partial charge < -0.3 is 20.7 Å². The molecule has 0 radical (unpaired) electrons. The molecule has 0 aliphatic rings. The van der Waals surface area contributed by atoms with Crippen molar-refractivity contribution in [3.8, 4) is 0 Å². The topological polar surface area (TPSA) is 96.5 Å². The van der Waals surface area contributed by atoms with E-state index in [4.69, 9.17) is 4.74 Å². The third kappa shape index (κ3) is 4.83. The molecule has 2 aromatic rings. The van der Waals surface area contributed by atoms with Crippen LogP contribution in [-0.2, 0) is 9.53 Å². The van der Waals surface area contributed by atoms with Gasteiger partial charge in [-0.1, -0.05) is 17.7 Å². The largest absolute Gasteiger partial charge is 0.465 e. The normalized spacial score (nSPS) is 9.96. The number of rotatable bonds is 6. The number of carbonyl (C=O) groups excluding carboxylic acids is 3. The van der Waals surface area contributed by atoms with Crippen LogP contribution in [0, 0.1) is 6.92 Å². The van der Waals surface area contributed by atoms with Gasteiger partial charge in [0.05, 0.1) is 19.2 Å². The standard InChI is InChI=1S/C19H21N3O4/c1-12-7-8-16(15(9-12)19(25)26-3)21-11-17(23)22-14-6-4-5-13(10-14)18(24)20-2/h4-10,21H,11H2,1-3H3,(H,20,24)(H,22,23). The van der Waals surface area contributed by atoms with Crippen LogP contribution in [0.15, 0.2) is 42.5 Å². The number of benzene rings is 2. The smallest absolute Gasteiger partial charge is 0.339 e. The van der Waals surface area contributed by atoms with E-state index in [-0.39, 0.29) is 18.4 Å². The van der Waals surface area contributed by atoms with Gasteiger partial charge in [0.25, 0.3) is 5.91 Å². The summed E-state index contributed by atoms with van der Waals surface area (Å²) in [4.78, 5) is 35.7. The number of hydrogen-bond acceptors (Lipinski definition) is 5. The summed E-state index contributed by atoms with van der Waals surface area (Å²) in [5.41, 5.74) is 2.74. The Labute approximate surface area is 151 Å². The van der Waals surface area contributed by atoms with E-state index in [1.807, 2.05) is 13.0 Å². The number of nitrogens with one attached hydrogen (secondary N) is 3. The molecule has 0 saturated heterocycles. The van der Waals surface area contributed by atoms with Crippen LogP contribution in [0.5, 0.6) is 0 Å². The highest BCUT2D eigenvalue weighted by molar-refractivity contribution is 5.99. The lowest BCUT2D eigenvalue weighted by atomic mass is 10.1. The number of amides is 2. The Morgan fingerprint density at radius 2 is 1.85 bits per heavy atom. The van der Waals surface area contributed by atoms with Gasteiger partial charge in [0.2, 0.25) is 5.91 Å². The van der Waals surface area contributed by atoms with Gasteiger partial charge in [0.15, 0.2) is 0 Å². The summed E-state index contributed by atoms with van der Waals surface area (Å²) in [5, 5.41) is 8.17. The van der Waals surface area contributed by atoms with Gasteiger partial charge in [-0.3, -0.25) is 9.59 Å². The van der Waals surface area contributed by atoms with E-state index in [2.05, 4.69) is 16.0 Å². The van der Waals surface area contributed by atoms with Crippen molar-refractivity contribution >= 4 is 29.2 Å². The van der Waals surface area contributed by atoms with E-state index in [0.29, 0.717) is 22.5 Å². The molecule has 0 atom stereocenters. The van der Waals surface area contributed by atoms with E-state index in [0.717, 1.165) is 5.56 Å². The maximum atomic E-state index is 12.2. The minimum atomic E-state index is -0.477. The number of hydrogen-bond donors (Lipinski definition) is 3. The molecule has 0 aromatic heterocycles. The van der Waals surface area contributed by atoms with Gasteiger partial charge in [-0.2, -0.15) is 0 Å². The highest BCUT2D eigenvalue weighted by Gasteiger charge is 2.13. The SMILES string of the molecule is CNC(=O)c1cccc(NC(=O)CNc2ccc(C)cc2C(=O)OC)c1. The third-order valence-electron chi connectivity index (χ3n) is 3.66. The number of aryl methyl sites for hydroxylation is 1. The predicted octanol–water partition coefficient (Wildman–Crippen LogP) is 2.19. The zero-order chi connectivity index (χ0) is 19.1. The second-order valence-electron chi connectivity index (χ2n) is 5.60. The molecule has 2 aromatic carbocycles. The first-order valence-electron chi connectivity index (χ1n) is 7.99. The van der Waals surface area contributed by atoms with Crippen LogP contribution in [0.1, 0.15) is 26.3 Å². The molecule has 3 N–H and O–H groups in total. The molecule has 7 heteroatoms. The van der Waals surface area contributed by atoms with Crippen LogP contribution in [0.25, 0.3) is 0 Å². The summed E-state index contributed by atoms with van der Waals surface area (Å²) in [5.74, 6) is -1.02. The lowest BCUT2D eigenvalue weighted by Crippen LogP contribution is -2.23. The molecule has 0 spiro atoms. The Bertz CT molecular complexity index is 833. The Kier molecular flexibility index (Phi) is 6.32. The fraction of sp³-hybridized carbons (Fsp3) is 0.211. The summed E-state index contributed by atoms with van der Waals surface area (Å²) in [6.45, 7) is 1.82. The number of anilines is 2. The van der Waals surface area contributed by atoms with Crippen LogP contribution in [0.2, 0.25) is 0 Å². The van der Waals surface area contributed by atoms with Crippen molar-refractivity contribution in [1.29, 1.82) is 0 Å². The molecule has 0 aliphatic carbocycles. The zero-order valence-corrected chi connectivity index (χ0v) is 14.9. The molecule has 26 heavy (non-hydrogen) atoms. The first kappa shape index (κ1) is 19.0. The Morgan fingerprint density at radius 1 is 1.08 bits per heavy atom. The molecule has 0 heterocycles. The summed E-state index contributed by atoms with van der Waals surface area (Å²) >= 11 is 0. The quantitative estimate of drug-likeness (QED) is 0.690. The number of methoxy groups -OCH3 is 1. The molecule has 0 aliphatic heterocycles. The van der Waals surface area contributed by atoms with E-state index < -0.39 is 5.97 Å². The highest BCUT2D eigenvalue weighted by atomic mass is 16.5. The Morgan fingerprint density at radius 3 is 2.54 bits per heavy atom. The van der Waals surface area contributed by atoms with Gasteiger partial charge in [-0.05, 0) is 37.3 Å². The highest BCUT2D eigenvalue weighted by Crippen LogP contribution is 2.18. The van der Waals surface area contributed by atoms with Gasteiger partial charge in [-0.15, -0.1) is 0 Å². The lowest BCUT2D eigenvalue weighted by molar-refractivity contribution is -0.114. The summed E-state index contributed by atoms with van der Waals surface area (Å²) in [6.07, 6.45) is 0. The van der Waals surface area contributed by atoms with Gasteiger partial charge in [0.1, 0.15) is 0 Å². The fourth-order valence-electron chi connectivity index (χ4n) is 2.35. The van der Waals surface area contributed by atoms with Crippen LogP contribution < -0.4 is 16.0 Å². The maximum Gasteiger partial charge on any atom is 0.339 e. The first-order chi connectivity index (χ1) is 12.4. The van der Waals surface area contributed by atoms with Gasteiger partial charge in [-0.25, -0.2) is 4.79 Å². The van der Waals surface area contributed by atoms with Crippen molar-refractivity contribution in [3.63, 3.8) is 0 Å². The predicted molar refractivity (Wildman–Crippen MR) is 99.5 cm³/mol. The summed E-state index contributed by atoms with van der Waals surface area (Å²) < 4.78 is 4.76. The van der Waals surface area contributed by atoms with Crippen molar-refractivity contribution in [2.75, 3.05) is 31.3 Å². The van der Waals surface area contributed by atoms with Crippen LogP contribution in [-0.4, -0.2) is 38.5 Å². The average molecular weight is 355 g/mol. The molecule has 0 bridgehead atoms. The van der Waals surface area contributed by atoms with Crippen LogP contribution >= 0.6 is 0 Å². The van der Waals surface area contributed by atoms with E-state index in [9.17, 15) is 14.4 Å². The Balaban J connectivity index is 2.04. The summed E-state index contributed by atoms with van der Waals surface area (Å²) in [6, 6.07) is 11.9. The molecule has 0 unspecified atom stereocenters. The fourth-order valence-corrected chi connectivity index (χ4v) is 2.35. The van der Waals surface area contributed by atoms with Crippen LogP contribution in [0.3, 0.4) is 0 Å². The van der Waals surface area contributed by atoms with Crippen molar-refractivity contribution in [2.24, 2.45) is 0 Å². The molecular weight excluding hydrogens is 334 g/mol. The number of carbonyl (C=O) groups is 3. The molecule has 0 saturated carbocycles. The Hall–Kier alpha value is -3.35. The third-order valence-corrected chi connectivity index (χ3v) is 3.66. The second kappa shape index (κ2) is 8.66. The monoisotopic (exact) mass is 355 g/mol. The molecule has 7 nitrogen and oxygen atoms in total. The van der Waals surface area contributed by atoms with Crippen molar-refractivity contribution in [2.45, 2.75) is 6.92 Å². The van der Waals surface area contributed by atoms with E-state index in [1.165, 1.54) is 14.2 Å². The minimum Gasteiger partial charge on any atom is -0.465 e. The molecule has 136 valence electrons. The maximum absolute atomic E-state index is 12.2. The minimum absolute atomic E-state index is 0.0444. The first-order valence-corrected chi connectivity index (χ1v) is 7.99. The molecule has 2 rings (SSSR count). The zero-order valence-electron chi connectivity index (χ0n) is 14.9.